The molecule has 1 aromatic rings. The van der Waals surface area contributed by atoms with Gasteiger partial charge in [0.15, 0.2) is 6.29 Å². The van der Waals surface area contributed by atoms with Gasteiger partial charge in [0.25, 0.3) is 20.2 Å². The average molecular weight is 266 g/mol. The molecule has 0 aliphatic rings. The molecule has 0 unspecified atom stereocenters. The first-order valence-corrected chi connectivity index (χ1v) is 6.59. The zero-order valence-electron chi connectivity index (χ0n) is 7.56. The molecule has 0 aromatic heterocycles. The smallest absolute Gasteiger partial charge is 0.295 e. The predicted molar refractivity (Wildman–Crippen MR) is 51.5 cm³/mol. The Morgan fingerprint density at radius 1 is 0.938 bits per heavy atom. The van der Waals surface area contributed by atoms with Crippen LogP contribution in [0.1, 0.15) is 10.4 Å². The zero-order valence-corrected chi connectivity index (χ0v) is 9.19. The molecule has 1 aromatic carbocycles. The lowest BCUT2D eigenvalue weighted by Crippen LogP contribution is -2.09. The van der Waals surface area contributed by atoms with E-state index in [-0.39, 0.29) is 6.29 Å². The number of aldehydes is 1. The highest BCUT2D eigenvalue weighted by Gasteiger charge is 2.23. The normalized spacial score (nSPS) is 12.4. The van der Waals surface area contributed by atoms with Crippen LogP contribution in [0.25, 0.3) is 0 Å². The van der Waals surface area contributed by atoms with Crippen molar-refractivity contribution < 1.29 is 30.7 Å². The first kappa shape index (κ1) is 12.8. The van der Waals surface area contributed by atoms with Crippen molar-refractivity contribution in [2.45, 2.75) is 9.79 Å². The van der Waals surface area contributed by atoms with Crippen molar-refractivity contribution >= 4 is 26.5 Å². The SMILES string of the molecule is O=Cc1c(S(=O)(=O)O)cccc1S(=O)(=O)O. The summed E-state index contributed by atoms with van der Waals surface area (Å²) in [5.74, 6) is 0. The fraction of sp³-hybridized carbons (Fsp3) is 0. The number of carbonyl (C=O) groups is 1. The van der Waals surface area contributed by atoms with Crippen LogP contribution >= 0.6 is 0 Å². The minimum Gasteiger partial charge on any atom is -0.298 e. The van der Waals surface area contributed by atoms with E-state index in [0.717, 1.165) is 18.2 Å². The van der Waals surface area contributed by atoms with Crippen molar-refractivity contribution in [3.63, 3.8) is 0 Å². The second kappa shape index (κ2) is 3.94. The third kappa shape index (κ3) is 2.44. The van der Waals surface area contributed by atoms with Crippen molar-refractivity contribution in [2.24, 2.45) is 0 Å². The molecule has 7 nitrogen and oxygen atoms in total. The summed E-state index contributed by atoms with van der Waals surface area (Å²) in [7, 11) is -9.47. The highest BCUT2D eigenvalue weighted by atomic mass is 32.2. The van der Waals surface area contributed by atoms with Crippen molar-refractivity contribution in [3.8, 4) is 0 Å². The van der Waals surface area contributed by atoms with Crippen molar-refractivity contribution in [2.75, 3.05) is 0 Å². The monoisotopic (exact) mass is 266 g/mol. The Bertz CT molecular complexity index is 576. The van der Waals surface area contributed by atoms with Gasteiger partial charge in [0.2, 0.25) is 0 Å². The molecule has 0 atom stereocenters. The van der Waals surface area contributed by atoms with Crippen molar-refractivity contribution in [3.05, 3.63) is 23.8 Å². The maximum absolute atomic E-state index is 10.8. The first-order valence-electron chi connectivity index (χ1n) is 3.71. The molecule has 0 heterocycles. The van der Waals surface area contributed by atoms with Gasteiger partial charge in [0, 0.05) is 0 Å². The Balaban J connectivity index is 3.78. The predicted octanol–water partition coefficient (Wildman–Crippen LogP) is -0.00750. The first-order chi connectivity index (χ1) is 7.18. The summed E-state index contributed by atoms with van der Waals surface area (Å²) in [6.07, 6.45) is -0.0772. The van der Waals surface area contributed by atoms with E-state index in [1.807, 2.05) is 0 Å². The lowest BCUT2D eigenvalue weighted by atomic mass is 10.2. The van der Waals surface area contributed by atoms with E-state index in [2.05, 4.69) is 0 Å². The molecule has 0 radical (unpaired) electrons. The van der Waals surface area contributed by atoms with E-state index in [0.29, 0.717) is 0 Å². The largest absolute Gasteiger partial charge is 0.298 e. The van der Waals surface area contributed by atoms with Crippen LogP contribution in [0, 0.1) is 0 Å². The van der Waals surface area contributed by atoms with E-state index in [1.165, 1.54) is 0 Å². The van der Waals surface area contributed by atoms with Crippen molar-refractivity contribution in [1.82, 2.24) is 0 Å². The molecule has 1 rings (SSSR count). The van der Waals surface area contributed by atoms with Gasteiger partial charge in [-0.05, 0) is 12.1 Å². The third-order valence-electron chi connectivity index (χ3n) is 1.70. The van der Waals surface area contributed by atoms with Crippen LogP contribution in [0.4, 0.5) is 0 Å². The number of carbonyl (C=O) groups excluding carboxylic acids is 1. The van der Waals surface area contributed by atoms with Gasteiger partial charge in [-0.25, -0.2) is 0 Å². The highest BCUT2D eigenvalue weighted by Crippen LogP contribution is 2.21. The lowest BCUT2D eigenvalue weighted by molar-refractivity contribution is 0.111. The molecular weight excluding hydrogens is 260 g/mol. The van der Waals surface area contributed by atoms with Crippen LogP contribution < -0.4 is 0 Å². The van der Waals surface area contributed by atoms with Gasteiger partial charge in [0.05, 0.1) is 5.56 Å². The van der Waals surface area contributed by atoms with E-state index < -0.39 is 35.6 Å². The topological polar surface area (TPSA) is 126 Å². The second-order valence-corrected chi connectivity index (χ2v) is 5.52. The summed E-state index contributed by atoms with van der Waals surface area (Å²) in [4.78, 5) is 8.84. The van der Waals surface area contributed by atoms with Crippen LogP contribution in [0.3, 0.4) is 0 Å². The minimum atomic E-state index is -4.74. The van der Waals surface area contributed by atoms with Gasteiger partial charge >= 0.3 is 0 Å². The number of rotatable bonds is 3. The van der Waals surface area contributed by atoms with Gasteiger partial charge in [-0.2, -0.15) is 16.8 Å². The Morgan fingerprint density at radius 2 is 1.31 bits per heavy atom. The molecule has 0 saturated heterocycles. The Labute approximate surface area is 91.2 Å². The molecule has 2 N–H and O–H groups in total. The van der Waals surface area contributed by atoms with E-state index in [1.54, 1.807) is 0 Å². The summed E-state index contributed by atoms with van der Waals surface area (Å²) in [5, 5.41) is 0. The van der Waals surface area contributed by atoms with Gasteiger partial charge in [-0.3, -0.25) is 13.9 Å². The zero-order chi connectivity index (χ0) is 12.6. The fourth-order valence-corrected chi connectivity index (χ4v) is 2.53. The molecule has 0 amide bonds. The average Bonchev–Trinajstić information content (AvgIpc) is 2.13. The molecule has 88 valence electrons. The molecule has 0 saturated carbocycles. The minimum absolute atomic E-state index is 0.0772. The van der Waals surface area contributed by atoms with Gasteiger partial charge in [-0.1, -0.05) is 6.07 Å². The summed E-state index contributed by atoms with van der Waals surface area (Å²) >= 11 is 0. The van der Waals surface area contributed by atoms with Gasteiger partial charge in [0.1, 0.15) is 9.79 Å². The van der Waals surface area contributed by atoms with Crippen LogP contribution in [0.15, 0.2) is 28.0 Å². The summed E-state index contributed by atoms with van der Waals surface area (Å²) < 4.78 is 60.7. The third-order valence-corrected chi connectivity index (χ3v) is 3.52. The van der Waals surface area contributed by atoms with Crippen LogP contribution in [-0.2, 0) is 20.2 Å². The second-order valence-electron chi connectivity index (χ2n) is 2.74. The molecular formula is C7H6O7S2. The molecule has 0 fully saturated rings. The summed E-state index contributed by atoms with van der Waals surface area (Å²) in [6, 6.07) is 2.65. The van der Waals surface area contributed by atoms with Crippen LogP contribution in [0.2, 0.25) is 0 Å². The van der Waals surface area contributed by atoms with Crippen molar-refractivity contribution in [1.29, 1.82) is 0 Å². The molecule has 9 heteroatoms. The summed E-state index contributed by atoms with van der Waals surface area (Å²) in [6.45, 7) is 0. The molecule has 16 heavy (non-hydrogen) atoms. The molecule has 0 spiro atoms. The van der Waals surface area contributed by atoms with E-state index in [9.17, 15) is 21.6 Å². The number of benzene rings is 1. The Morgan fingerprint density at radius 3 is 1.56 bits per heavy atom. The highest BCUT2D eigenvalue weighted by molar-refractivity contribution is 7.86. The van der Waals surface area contributed by atoms with Crippen LogP contribution in [-0.4, -0.2) is 32.2 Å². The number of hydrogen-bond donors (Lipinski definition) is 2. The molecule has 0 bridgehead atoms. The Kier molecular flexibility index (Phi) is 3.15. The number of hydrogen-bond acceptors (Lipinski definition) is 5. The Hall–Kier alpha value is -1.29. The maximum atomic E-state index is 10.8. The summed E-state index contributed by atoms with van der Waals surface area (Å²) in [5.41, 5.74) is -0.812. The lowest BCUT2D eigenvalue weighted by Gasteiger charge is -2.05. The van der Waals surface area contributed by atoms with E-state index >= 15 is 0 Å². The fourth-order valence-electron chi connectivity index (χ4n) is 1.09. The van der Waals surface area contributed by atoms with Gasteiger partial charge < -0.3 is 0 Å². The van der Waals surface area contributed by atoms with Crippen LogP contribution in [0.5, 0.6) is 0 Å². The maximum Gasteiger partial charge on any atom is 0.295 e. The molecule has 0 aliphatic carbocycles. The quantitative estimate of drug-likeness (QED) is 0.582. The van der Waals surface area contributed by atoms with Gasteiger partial charge in [-0.15, -0.1) is 0 Å². The standard InChI is InChI=1S/C7H6O7S2/c8-4-5-6(15(9,10)11)2-1-3-7(5)16(12,13)14/h1-4H,(H,9,10,11)(H,12,13,14). The molecule has 0 aliphatic heterocycles. The van der Waals surface area contributed by atoms with E-state index in [4.69, 9.17) is 9.11 Å².